The third-order valence-electron chi connectivity index (χ3n) is 5.32. The minimum absolute atomic E-state index is 0.0282. The number of likely N-dealkylation sites (tertiary alicyclic amines) is 1. The van der Waals surface area contributed by atoms with Gasteiger partial charge in [0.25, 0.3) is 11.7 Å². The van der Waals surface area contributed by atoms with Crippen LogP contribution in [0.25, 0.3) is 5.76 Å². The maximum atomic E-state index is 13.1. The van der Waals surface area contributed by atoms with Gasteiger partial charge < -0.3 is 23.9 Å². The van der Waals surface area contributed by atoms with Gasteiger partial charge in [0.1, 0.15) is 29.1 Å². The van der Waals surface area contributed by atoms with Crippen LogP contribution in [0.4, 0.5) is 0 Å². The molecule has 3 aromatic rings. The molecule has 1 fully saturated rings. The molecule has 2 aromatic carbocycles. The number of amides is 1. The van der Waals surface area contributed by atoms with Crippen LogP contribution < -0.4 is 9.47 Å². The van der Waals surface area contributed by atoms with Gasteiger partial charge >= 0.3 is 0 Å². The van der Waals surface area contributed by atoms with Crippen LogP contribution in [0.1, 0.15) is 36.8 Å². The number of Topliss-reactive ketones (excluding diaryl/α,β-unsaturated/α-hetero) is 1. The zero-order chi connectivity index (χ0) is 23.5. The van der Waals surface area contributed by atoms with Crippen LogP contribution in [0.3, 0.4) is 0 Å². The molecule has 0 aliphatic carbocycles. The molecule has 4 rings (SSSR count). The Morgan fingerprint density at radius 3 is 2.52 bits per heavy atom. The monoisotopic (exact) mass is 447 g/mol. The molecule has 1 unspecified atom stereocenters. The van der Waals surface area contributed by atoms with Crippen LogP contribution in [0, 0.1) is 0 Å². The standard InChI is InChI=1S/C26H25NO6/c1-16(2)33-20-10-5-8-18(14-20)24(28)22-23(21-11-6-12-32-21)27(26(30)25(22)29)15-17-7-4-9-19(13-17)31-3/h4-14,16,23,28H,15H2,1-3H3/b24-22-. The highest BCUT2D eigenvalue weighted by Crippen LogP contribution is 2.41. The number of aliphatic hydroxyl groups is 1. The van der Waals surface area contributed by atoms with E-state index in [1.165, 1.54) is 11.2 Å². The van der Waals surface area contributed by atoms with E-state index >= 15 is 0 Å². The van der Waals surface area contributed by atoms with Gasteiger partial charge in [-0.05, 0) is 55.8 Å². The summed E-state index contributed by atoms with van der Waals surface area (Å²) < 4.78 is 16.6. The molecule has 33 heavy (non-hydrogen) atoms. The van der Waals surface area contributed by atoms with Gasteiger partial charge in [0.2, 0.25) is 0 Å². The molecule has 0 bridgehead atoms. The van der Waals surface area contributed by atoms with Crippen molar-refractivity contribution in [1.82, 2.24) is 4.90 Å². The van der Waals surface area contributed by atoms with Gasteiger partial charge in [-0.15, -0.1) is 0 Å². The number of carbonyl (C=O) groups excluding carboxylic acids is 2. The van der Waals surface area contributed by atoms with Gasteiger partial charge in [0, 0.05) is 12.1 Å². The van der Waals surface area contributed by atoms with Crippen LogP contribution in [0.2, 0.25) is 0 Å². The Morgan fingerprint density at radius 1 is 1.06 bits per heavy atom. The van der Waals surface area contributed by atoms with Crippen molar-refractivity contribution in [2.24, 2.45) is 0 Å². The lowest BCUT2D eigenvalue weighted by Crippen LogP contribution is -2.29. The Labute approximate surface area is 191 Å². The van der Waals surface area contributed by atoms with Gasteiger partial charge in [0.15, 0.2) is 0 Å². The van der Waals surface area contributed by atoms with E-state index in [0.29, 0.717) is 22.8 Å². The van der Waals surface area contributed by atoms with Crippen molar-refractivity contribution in [2.75, 3.05) is 7.11 Å². The van der Waals surface area contributed by atoms with E-state index in [4.69, 9.17) is 13.9 Å². The second-order valence-corrected chi connectivity index (χ2v) is 7.99. The second-order valence-electron chi connectivity index (χ2n) is 7.99. The number of rotatable bonds is 7. The largest absolute Gasteiger partial charge is 0.507 e. The Bertz CT molecular complexity index is 1200. The summed E-state index contributed by atoms with van der Waals surface area (Å²) in [6.45, 7) is 3.93. The molecule has 1 aromatic heterocycles. The quantitative estimate of drug-likeness (QED) is 0.321. The predicted octanol–water partition coefficient (Wildman–Crippen LogP) is 4.70. The van der Waals surface area contributed by atoms with E-state index < -0.39 is 17.7 Å². The number of furan rings is 1. The summed E-state index contributed by atoms with van der Waals surface area (Å²) in [6, 6.07) is 16.5. The van der Waals surface area contributed by atoms with Gasteiger partial charge in [-0.3, -0.25) is 9.59 Å². The molecule has 7 nitrogen and oxygen atoms in total. The summed E-state index contributed by atoms with van der Waals surface area (Å²) in [4.78, 5) is 27.6. The number of hydrogen-bond acceptors (Lipinski definition) is 6. The van der Waals surface area contributed by atoms with Crippen molar-refractivity contribution < 1.29 is 28.6 Å². The number of hydrogen-bond donors (Lipinski definition) is 1. The second kappa shape index (κ2) is 9.24. The maximum absolute atomic E-state index is 13.1. The number of benzene rings is 2. The van der Waals surface area contributed by atoms with Gasteiger partial charge in [-0.2, -0.15) is 0 Å². The summed E-state index contributed by atoms with van der Waals surface area (Å²) in [5.41, 5.74) is 1.13. The molecule has 0 spiro atoms. The first-order chi connectivity index (χ1) is 15.9. The van der Waals surface area contributed by atoms with Crippen LogP contribution in [-0.4, -0.2) is 34.9 Å². The molecular weight excluding hydrogens is 422 g/mol. The highest BCUT2D eigenvalue weighted by Gasteiger charge is 2.47. The third-order valence-corrected chi connectivity index (χ3v) is 5.32. The van der Waals surface area contributed by atoms with Crippen molar-refractivity contribution in [1.29, 1.82) is 0 Å². The highest BCUT2D eigenvalue weighted by atomic mass is 16.5. The molecule has 7 heteroatoms. The van der Waals surface area contributed by atoms with Gasteiger partial charge in [-0.25, -0.2) is 0 Å². The number of ether oxygens (including phenoxy) is 2. The summed E-state index contributed by atoms with van der Waals surface area (Å²) in [5.74, 6) is -0.192. The maximum Gasteiger partial charge on any atom is 0.296 e. The Morgan fingerprint density at radius 2 is 1.82 bits per heavy atom. The minimum Gasteiger partial charge on any atom is -0.507 e. The molecule has 1 N–H and O–H groups in total. The first kappa shape index (κ1) is 22.2. The Kier molecular flexibility index (Phi) is 6.22. The highest BCUT2D eigenvalue weighted by molar-refractivity contribution is 6.46. The number of nitrogens with zero attached hydrogens (tertiary/aromatic N) is 1. The van der Waals surface area contributed by atoms with E-state index in [9.17, 15) is 14.7 Å². The van der Waals surface area contributed by atoms with E-state index in [1.807, 2.05) is 26.0 Å². The normalized spacial score (nSPS) is 17.6. The lowest BCUT2D eigenvalue weighted by atomic mass is 9.99. The molecule has 2 heterocycles. The van der Waals surface area contributed by atoms with Crippen molar-refractivity contribution in [3.05, 3.63) is 89.4 Å². The van der Waals surface area contributed by atoms with E-state index in [-0.39, 0.29) is 24.0 Å². The number of ketones is 1. The fourth-order valence-electron chi connectivity index (χ4n) is 3.90. The smallest absolute Gasteiger partial charge is 0.296 e. The first-order valence-corrected chi connectivity index (χ1v) is 10.6. The lowest BCUT2D eigenvalue weighted by molar-refractivity contribution is -0.140. The summed E-state index contributed by atoms with van der Waals surface area (Å²) in [6.07, 6.45) is 1.41. The van der Waals surface area contributed by atoms with Crippen molar-refractivity contribution in [2.45, 2.75) is 32.5 Å². The Balaban J connectivity index is 1.79. The van der Waals surface area contributed by atoms with Crippen LogP contribution >= 0.6 is 0 Å². The average molecular weight is 447 g/mol. The summed E-state index contributed by atoms with van der Waals surface area (Å²) in [7, 11) is 1.56. The molecule has 0 radical (unpaired) electrons. The molecule has 170 valence electrons. The number of aliphatic hydroxyl groups excluding tert-OH is 1. The molecule has 1 aliphatic rings. The molecule has 0 saturated carbocycles. The number of carbonyl (C=O) groups is 2. The molecule has 1 aliphatic heterocycles. The fourth-order valence-corrected chi connectivity index (χ4v) is 3.90. The van der Waals surface area contributed by atoms with Crippen LogP contribution in [0.5, 0.6) is 11.5 Å². The van der Waals surface area contributed by atoms with Crippen LogP contribution in [0.15, 0.2) is 76.9 Å². The average Bonchev–Trinajstić information content (AvgIpc) is 3.41. The van der Waals surface area contributed by atoms with Crippen LogP contribution in [-0.2, 0) is 16.1 Å². The molecule has 1 atom stereocenters. The van der Waals surface area contributed by atoms with Gasteiger partial charge in [-0.1, -0.05) is 24.3 Å². The Hall–Kier alpha value is -4.00. The fraction of sp³-hybridized carbons (Fsp3) is 0.231. The van der Waals surface area contributed by atoms with E-state index in [1.54, 1.807) is 55.6 Å². The third kappa shape index (κ3) is 4.48. The number of methoxy groups -OCH3 is 1. The topological polar surface area (TPSA) is 89.2 Å². The van der Waals surface area contributed by atoms with Crippen molar-refractivity contribution in [3.63, 3.8) is 0 Å². The zero-order valence-electron chi connectivity index (χ0n) is 18.6. The van der Waals surface area contributed by atoms with E-state index in [2.05, 4.69) is 0 Å². The zero-order valence-corrected chi connectivity index (χ0v) is 18.6. The van der Waals surface area contributed by atoms with Gasteiger partial charge in [0.05, 0.1) is 25.1 Å². The van der Waals surface area contributed by atoms with E-state index in [0.717, 1.165) is 5.56 Å². The lowest BCUT2D eigenvalue weighted by Gasteiger charge is -2.23. The first-order valence-electron chi connectivity index (χ1n) is 10.6. The van der Waals surface area contributed by atoms with Crippen molar-refractivity contribution in [3.8, 4) is 11.5 Å². The molecular formula is C26H25NO6. The minimum atomic E-state index is -0.874. The predicted molar refractivity (Wildman–Crippen MR) is 122 cm³/mol. The summed E-state index contributed by atoms with van der Waals surface area (Å²) >= 11 is 0. The SMILES string of the molecule is COc1cccc(CN2C(=O)C(=O)/C(=C(\O)c3cccc(OC(C)C)c3)C2c2ccco2)c1. The molecule has 1 amide bonds. The van der Waals surface area contributed by atoms with Crippen molar-refractivity contribution >= 4 is 17.4 Å². The summed E-state index contributed by atoms with van der Waals surface area (Å²) in [5, 5.41) is 11.2. The molecule has 1 saturated heterocycles.